The fourth-order valence-electron chi connectivity index (χ4n) is 2.96. The molecule has 1 rings (SSSR count). The zero-order valence-corrected chi connectivity index (χ0v) is 18.2. The summed E-state index contributed by atoms with van der Waals surface area (Å²) in [4.78, 5) is 8.24. The first-order valence-electron chi connectivity index (χ1n) is 10.0. The van der Waals surface area contributed by atoms with Crippen molar-refractivity contribution < 1.29 is 4.39 Å². The van der Waals surface area contributed by atoms with E-state index in [0.717, 1.165) is 22.4 Å². The van der Waals surface area contributed by atoms with E-state index in [4.69, 9.17) is 0 Å². The Balaban J connectivity index is 1.98. The molecule has 0 saturated heterocycles. The van der Waals surface area contributed by atoms with E-state index in [1.165, 1.54) is 83.9 Å². The number of aromatic nitrogens is 2. The first-order chi connectivity index (χ1) is 12.2. The van der Waals surface area contributed by atoms with Gasteiger partial charge in [0.15, 0.2) is 0 Å². The van der Waals surface area contributed by atoms with Crippen LogP contribution in [-0.4, -0.2) is 16.5 Å². The maximum Gasteiger partial charge on any atom is 0.143 e. The Hall–Kier alpha value is -0.460. The third kappa shape index (κ3) is 10.3. The van der Waals surface area contributed by atoms with Crippen molar-refractivity contribution in [3.63, 3.8) is 0 Å². The molecule has 1 aromatic rings. The van der Waals surface area contributed by atoms with Gasteiger partial charge in [0.1, 0.15) is 18.3 Å². The van der Waals surface area contributed by atoms with E-state index < -0.39 is 6.17 Å². The molecule has 25 heavy (non-hydrogen) atoms. The summed E-state index contributed by atoms with van der Waals surface area (Å²) in [6.07, 6.45) is 16.6. The number of hydrogen-bond acceptors (Lipinski definition) is 3. The zero-order valence-electron chi connectivity index (χ0n) is 16.0. The first kappa shape index (κ1) is 22.6. The van der Waals surface area contributed by atoms with Crippen molar-refractivity contribution in [3.05, 3.63) is 15.6 Å². The van der Waals surface area contributed by atoms with Crippen LogP contribution in [0.1, 0.15) is 103 Å². The smallest absolute Gasteiger partial charge is 0.143 e. The van der Waals surface area contributed by atoms with Crippen molar-refractivity contribution in [2.45, 2.75) is 97.1 Å². The van der Waals surface area contributed by atoms with Crippen LogP contribution in [0.4, 0.5) is 10.2 Å². The van der Waals surface area contributed by atoms with Gasteiger partial charge in [-0.1, -0.05) is 77.6 Å². The molecule has 0 aromatic carbocycles. The van der Waals surface area contributed by atoms with Gasteiger partial charge in [-0.25, -0.2) is 14.4 Å². The molecule has 0 radical (unpaired) electrons. The van der Waals surface area contributed by atoms with Crippen LogP contribution in [0.2, 0.25) is 0 Å². The normalized spacial score (nSPS) is 12.3. The topological polar surface area (TPSA) is 37.8 Å². The predicted octanol–water partition coefficient (Wildman–Crippen LogP) is 7.22. The highest BCUT2D eigenvalue weighted by molar-refractivity contribution is 14.1. The molecule has 0 fully saturated rings. The summed E-state index contributed by atoms with van der Waals surface area (Å²) in [7, 11) is 0. The molecule has 1 heterocycles. The quantitative estimate of drug-likeness (QED) is 0.220. The van der Waals surface area contributed by atoms with E-state index in [9.17, 15) is 4.39 Å². The first-order valence-corrected chi connectivity index (χ1v) is 11.1. The molecule has 1 N–H and O–H groups in total. The number of hydrogen-bond donors (Lipinski definition) is 1. The van der Waals surface area contributed by atoms with E-state index in [0.29, 0.717) is 5.69 Å². The molecule has 1 aromatic heterocycles. The molecule has 1 unspecified atom stereocenters. The van der Waals surface area contributed by atoms with Gasteiger partial charge in [-0.05, 0) is 35.9 Å². The number of anilines is 1. The lowest BCUT2D eigenvalue weighted by Crippen LogP contribution is -2.08. The lowest BCUT2D eigenvalue weighted by atomic mass is 10.1. The minimum atomic E-state index is -1.05. The standard InChI is InChI=1S/C20H35FIN3/c1-3-4-5-6-7-8-9-10-11-12-13-14-15-23-20-18(22)19(17(2)21)24-16-25-20/h16-17H,3-15H2,1-2H3,(H,23,24,25). The molecule has 0 aliphatic rings. The van der Waals surface area contributed by atoms with Gasteiger partial charge >= 0.3 is 0 Å². The largest absolute Gasteiger partial charge is 0.369 e. The van der Waals surface area contributed by atoms with Crippen molar-refractivity contribution in [1.82, 2.24) is 9.97 Å². The van der Waals surface area contributed by atoms with Crippen molar-refractivity contribution in [1.29, 1.82) is 0 Å². The van der Waals surface area contributed by atoms with Gasteiger partial charge in [-0.2, -0.15) is 0 Å². The average Bonchev–Trinajstić information content (AvgIpc) is 2.60. The highest BCUT2D eigenvalue weighted by atomic mass is 127. The number of halogens is 2. The minimum Gasteiger partial charge on any atom is -0.369 e. The molecule has 3 nitrogen and oxygen atoms in total. The van der Waals surface area contributed by atoms with Gasteiger partial charge in [0.25, 0.3) is 0 Å². The van der Waals surface area contributed by atoms with Crippen molar-refractivity contribution >= 4 is 28.4 Å². The third-order valence-electron chi connectivity index (χ3n) is 4.52. The zero-order chi connectivity index (χ0) is 18.3. The van der Waals surface area contributed by atoms with Gasteiger partial charge in [0.05, 0.1) is 9.26 Å². The Labute approximate surface area is 167 Å². The summed E-state index contributed by atoms with van der Waals surface area (Å²) in [6, 6.07) is 0. The number of rotatable bonds is 15. The Morgan fingerprint density at radius 2 is 1.44 bits per heavy atom. The van der Waals surface area contributed by atoms with Crippen LogP contribution in [0, 0.1) is 3.57 Å². The van der Waals surface area contributed by atoms with Crippen molar-refractivity contribution in [2.75, 3.05) is 11.9 Å². The van der Waals surface area contributed by atoms with Crippen molar-refractivity contribution in [2.24, 2.45) is 0 Å². The number of alkyl halides is 1. The van der Waals surface area contributed by atoms with Crippen LogP contribution < -0.4 is 5.32 Å². The van der Waals surface area contributed by atoms with Gasteiger partial charge in [-0.15, -0.1) is 0 Å². The second-order valence-electron chi connectivity index (χ2n) is 6.85. The van der Waals surface area contributed by atoms with E-state index >= 15 is 0 Å². The van der Waals surface area contributed by atoms with E-state index in [2.05, 4.69) is 44.8 Å². The SMILES string of the molecule is CCCCCCCCCCCCCCNc1ncnc(C(C)F)c1I. The van der Waals surface area contributed by atoms with Gasteiger partial charge in [0.2, 0.25) is 0 Å². The fourth-order valence-corrected chi connectivity index (χ4v) is 3.86. The summed E-state index contributed by atoms with van der Waals surface area (Å²) >= 11 is 2.13. The predicted molar refractivity (Wildman–Crippen MR) is 114 cm³/mol. The second kappa shape index (κ2) is 14.7. The van der Waals surface area contributed by atoms with Crippen LogP contribution in [0.5, 0.6) is 0 Å². The molecule has 144 valence electrons. The molecular formula is C20H35FIN3. The molecule has 0 bridgehead atoms. The van der Waals surface area contributed by atoms with Gasteiger partial charge < -0.3 is 5.32 Å². The molecule has 0 aliphatic carbocycles. The van der Waals surface area contributed by atoms with Crippen molar-refractivity contribution in [3.8, 4) is 0 Å². The third-order valence-corrected chi connectivity index (χ3v) is 5.58. The Kier molecular flexibility index (Phi) is 13.3. The average molecular weight is 463 g/mol. The second-order valence-corrected chi connectivity index (χ2v) is 7.93. The summed E-state index contributed by atoms with van der Waals surface area (Å²) in [5, 5.41) is 3.32. The van der Waals surface area contributed by atoms with Crippen LogP contribution >= 0.6 is 22.6 Å². The van der Waals surface area contributed by atoms with Crippen LogP contribution in [0.3, 0.4) is 0 Å². The molecule has 5 heteroatoms. The molecule has 0 aliphatic heterocycles. The lowest BCUT2D eigenvalue weighted by Gasteiger charge is -2.10. The van der Waals surface area contributed by atoms with E-state index in [1.54, 1.807) is 0 Å². The monoisotopic (exact) mass is 463 g/mol. The highest BCUT2D eigenvalue weighted by Crippen LogP contribution is 2.24. The molecule has 0 amide bonds. The Bertz CT molecular complexity index is 455. The van der Waals surface area contributed by atoms with Crippen LogP contribution in [-0.2, 0) is 0 Å². The molecular weight excluding hydrogens is 428 g/mol. The highest BCUT2D eigenvalue weighted by Gasteiger charge is 2.13. The summed E-state index contributed by atoms with van der Waals surface area (Å²) in [5.41, 5.74) is 0.479. The number of unbranched alkanes of at least 4 members (excludes halogenated alkanes) is 11. The van der Waals surface area contributed by atoms with Gasteiger partial charge in [-0.3, -0.25) is 0 Å². The molecule has 0 saturated carbocycles. The maximum absolute atomic E-state index is 13.4. The Morgan fingerprint density at radius 3 is 1.96 bits per heavy atom. The van der Waals surface area contributed by atoms with Crippen LogP contribution in [0.25, 0.3) is 0 Å². The summed E-state index contributed by atoms with van der Waals surface area (Å²) < 4.78 is 14.2. The molecule has 1 atom stereocenters. The fraction of sp³-hybridized carbons (Fsp3) is 0.800. The maximum atomic E-state index is 13.4. The van der Waals surface area contributed by atoms with E-state index in [1.807, 2.05) is 0 Å². The van der Waals surface area contributed by atoms with E-state index in [-0.39, 0.29) is 0 Å². The lowest BCUT2D eigenvalue weighted by molar-refractivity contribution is 0.364. The summed E-state index contributed by atoms with van der Waals surface area (Å²) in [6.45, 7) is 4.68. The number of nitrogens with zero attached hydrogens (tertiary/aromatic N) is 2. The molecule has 0 spiro atoms. The number of nitrogens with one attached hydrogen (secondary N) is 1. The Morgan fingerprint density at radius 1 is 0.920 bits per heavy atom. The summed E-state index contributed by atoms with van der Waals surface area (Å²) in [5.74, 6) is 0.762. The van der Waals surface area contributed by atoms with Gasteiger partial charge in [0, 0.05) is 6.54 Å². The minimum absolute atomic E-state index is 0.479. The van der Waals surface area contributed by atoms with Crippen LogP contribution in [0.15, 0.2) is 6.33 Å².